The maximum atomic E-state index is 5.97. The van der Waals surface area contributed by atoms with Crippen LogP contribution >= 0.6 is 0 Å². The monoisotopic (exact) mass is 270 g/mol. The fraction of sp³-hybridized carbons (Fsp3) is 0.353. The number of hydrogen-bond donors (Lipinski definition) is 1. The second kappa shape index (κ2) is 7.06. The zero-order valence-corrected chi connectivity index (χ0v) is 12.4. The third kappa shape index (κ3) is 3.58. The first-order valence-electron chi connectivity index (χ1n) is 7.05. The first kappa shape index (κ1) is 14.5. The van der Waals surface area contributed by atoms with Crippen molar-refractivity contribution in [2.24, 2.45) is 0 Å². The van der Waals surface area contributed by atoms with Gasteiger partial charge in [0.15, 0.2) is 0 Å². The molecule has 0 aliphatic heterocycles. The molecule has 0 aliphatic carbocycles. The van der Waals surface area contributed by atoms with E-state index in [0.717, 1.165) is 30.1 Å². The van der Waals surface area contributed by atoms with Crippen molar-refractivity contribution in [1.29, 1.82) is 0 Å². The summed E-state index contributed by atoms with van der Waals surface area (Å²) >= 11 is 0. The Kier molecular flexibility index (Phi) is 5.13. The summed E-state index contributed by atoms with van der Waals surface area (Å²) in [6, 6.07) is 12.4. The smallest absolute Gasteiger partial charge is 0.141 e. The summed E-state index contributed by atoms with van der Waals surface area (Å²) in [4.78, 5) is 4.53. The molecule has 1 aromatic heterocycles. The Morgan fingerprint density at radius 2 is 1.85 bits per heavy atom. The van der Waals surface area contributed by atoms with Gasteiger partial charge >= 0.3 is 0 Å². The van der Waals surface area contributed by atoms with E-state index >= 15 is 0 Å². The molecular formula is C17H22N2O. The van der Waals surface area contributed by atoms with Gasteiger partial charge in [0.1, 0.15) is 12.4 Å². The zero-order valence-electron chi connectivity index (χ0n) is 12.4. The maximum Gasteiger partial charge on any atom is 0.141 e. The Morgan fingerprint density at radius 3 is 2.55 bits per heavy atom. The summed E-state index contributed by atoms with van der Waals surface area (Å²) in [5, 5.41) is 3.18. The lowest BCUT2D eigenvalue weighted by Gasteiger charge is -2.13. The van der Waals surface area contributed by atoms with E-state index < -0.39 is 0 Å². The van der Waals surface area contributed by atoms with Crippen LogP contribution in [0.1, 0.15) is 29.4 Å². The van der Waals surface area contributed by atoms with Gasteiger partial charge in [-0.15, -0.1) is 0 Å². The number of aryl methyl sites for hydroxylation is 2. The largest absolute Gasteiger partial charge is 0.487 e. The summed E-state index contributed by atoms with van der Waals surface area (Å²) in [7, 11) is 1.96. The summed E-state index contributed by atoms with van der Waals surface area (Å²) in [5.74, 6) is 0.886. The van der Waals surface area contributed by atoms with Crippen molar-refractivity contribution in [3.05, 3.63) is 58.9 Å². The first-order valence-corrected chi connectivity index (χ1v) is 7.05. The minimum atomic E-state index is 0.579. The molecular weight excluding hydrogens is 248 g/mol. The van der Waals surface area contributed by atoms with Crippen molar-refractivity contribution in [3.8, 4) is 5.75 Å². The molecule has 0 radical (unpaired) electrons. The van der Waals surface area contributed by atoms with Gasteiger partial charge in [-0.3, -0.25) is 4.98 Å². The van der Waals surface area contributed by atoms with Crippen LogP contribution in [0, 0.1) is 6.92 Å². The topological polar surface area (TPSA) is 34.1 Å². The van der Waals surface area contributed by atoms with Crippen molar-refractivity contribution in [2.75, 3.05) is 7.05 Å². The lowest BCUT2D eigenvalue weighted by molar-refractivity contribution is 0.300. The molecule has 1 heterocycles. The van der Waals surface area contributed by atoms with Crippen LogP contribution in [-0.4, -0.2) is 12.0 Å². The predicted molar refractivity (Wildman–Crippen MR) is 81.9 cm³/mol. The highest BCUT2D eigenvalue weighted by Gasteiger charge is 2.06. The van der Waals surface area contributed by atoms with Crippen LogP contribution in [-0.2, 0) is 19.6 Å². The molecule has 3 nitrogen and oxygen atoms in total. The molecule has 2 aromatic rings. The van der Waals surface area contributed by atoms with Gasteiger partial charge in [0, 0.05) is 12.2 Å². The van der Waals surface area contributed by atoms with Crippen LogP contribution < -0.4 is 10.1 Å². The van der Waals surface area contributed by atoms with Gasteiger partial charge in [0.25, 0.3) is 0 Å². The van der Waals surface area contributed by atoms with E-state index in [4.69, 9.17) is 4.74 Å². The first-order chi connectivity index (χ1) is 9.74. The van der Waals surface area contributed by atoms with E-state index in [2.05, 4.69) is 35.4 Å². The molecule has 3 heteroatoms. The van der Waals surface area contributed by atoms with Crippen molar-refractivity contribution in [2.45, 2.75) is 33.4 Å². The summed E-state index contributed by atoms with van der Waals surface area (Å²) in [6.07, 6.45) is 0.884. The Labute approximate surface area is 121 Å². The molecule has 0 bridgehead atoms. The molecule has 1 aromatic carbocycles. The van der Waals surface area contributed by atoms with Gasteiger partial charge in [0.2, 0.25) is 0 Å². The van der Waals surface area contributed by atoms with Gasteiger partial charge in [0.05, 0.1) is 5.69 Å². The van der Waals surface area contributed by atoms with Gasteiger partial charge in [-0.05, 0) is 43.7 Å². The molecule has 20 heavy (non-hydrogen) atoms. The number of nitrogens with zero attached hydrogens (tertiary/aromatic N) is 1. The van der Waals surface area contributed by atoms with Crippen LogP contribution in [0.3, 0.4) is 0 Å². The highest BCUT2D eigenvalue weighted by atomic mass is 16.5. The second-order valence-electron chi connectivity index (χ2n) is 4.84. The minimum Gasteiger partial charge on any atom is -0.487 e. The molecule has 0 aliphatic rings. The molecule has 0 amide bonds. The number of aromatic nitrogens is 1. The predicted octanol–water partition coefficient (Wildman–Crippen LogP) is 3.25. The van der Waals surface area contributed by atoms with E-state index in [1.54, 1.807) is 0 Å². The molecule has 0 unspecified atom stereocenters. The lowest BCUT2D eigenvalue weighted by atomic mass is 10.1. The van der Waals surface area contributed by atoms with Gasteiger partial charge in [-0.2, -0.15) is 0 Å². The van der Waals surface area contributed by atoms with Crippen molar-refractivity contribution in [3.63, 3.8) is 0 Å². The molecule has 0 atom stereocenters. The summed E-state index contributed by atoms with van der Waals surface area (Å²) in [6.45, 7) is 5.54. The van der Waals surface area contributed by atoms with Gasteiger partial charge in [-0.1, -0.05) is 31.2 Å². The number of ether oxygens (including phenoxy) is 1. The quantitative estimate of drug-likeness (QED) is 0.875. The maximum absolute atomic E-state index is 5.97. The Hall–Kier alpha value is -1.87. The van der Waals surface area contributed by atoms with Crippen LogP contribution in [0.2, 0.25) is 0 Å². The fourth-order valence-corrected chi connectivity index (χ4v) is 2.20. The second-order valence-corrected chi connectivity index (χ2v) is 4.84. The van der Waals surface area contributed by atoms with E-state index in [-0.39, 0.29) is 0 Å². The highest BCUT2D eigenvalue weighted by molar-refractivity contribution is 5.31. The Morgan fingerprint density at radius 1 is 1.10 bits per heavy atom. The van der Waals surface area contributed by atoms with E-state index in [1.807, 2.05) is 32.2 Å². The van der Waals surface area contributed by atoms with Crippen molar-refractivity contribution >= 4 is 0 Å². The van der Waals surface area contributed by atoms with Crippen LogP contribution in [0.15, 0.2) is 36.4 Å². The number of nitrogens with one attached hydrogen (secondary N) is 1. The van der Waals surface area contributed by atoms with Crippen LogP contribution in [0.4, 0.5) is 0 Å². The molecule has 0 spiro atoms. The molecule has 0 fully saturated rings. The van der Waals surface area contributed by atoms with Crippen LogP contribution in [0.5, 0.6) is 5.75 Å². The average Bonchev–Trinajstić information content (AvgIpc) is 2.47. The standard InChI is InChI=1S/C17H22N2O/c1-4-16-17(10-9-13(2)19-16)20-12-15-8-6-5-7-14(15)11-18-3/h5-10,18H,4,11-12H2,1-3H3. The molecule has 106 valence electrons. The van der Waals surface area contributed by atoms with E-state index in [0.29, 0.717) is 6.61 Å². The molecule has 0 saturated carbocycles. The molecule has 1 N–H and O–H groups in total. The normalized spacial score (nSPS) is 10.6. The summed E-state index contributed by atoms with van der Waals surface area (Å²) in [5.41, 5.74) is 4.54. The number of rotatable bonds is 6. The van der Waals surface area contributed by atoms with Crippen molar-refractivity contribution < 1.29 is 4.74 Å². The van der Waals surface area contributed by atoms with Gasteiger partial charge in [-0.25, -0.2) is 0 Å². The van der Waals surface area contributed by atoms with Crippen LogP contribution in [0.25, 0.3) is 0 Å². The Balaban J connectivity index is 2.13. The number of hydrogen-bond acceptors (Lipinski definition) is 3. The minimum absolute atomic E-state index is 0.579. The Bertz CT molecular complexity index is 567. The van der Waals surface area contributed by atoms with E-state index in [1.165, 1.54) is 11.1 Å². The zero-order chi connectivity index (χ0) is 14.4. The highest BCUT2D eigenvalue weighted by Crippen LogP contribution is 2.20. The summed E-state index contributed by atoms with van der Waals surface area (Å²) < 4.78 is 5.97. The average molecular weight is 270 g/mol. The fourth-order valence-electron chi connectivity index (χ4n) is 2.20. The lowest BCUT2D eigenvalue weighted by Crippen LogP contribution is -2.09. The third-order valence-electron chi connectivity index (χ3n) is 3.28. The number of benzene rings is 1. The number of pyridine rings is 1. The molecule has 0 saturated heterocycles. The SMILES string of the molecule is CCc1nc(C)ccc1OCc1ccccc1CNC. The van der Waals surface area contributed by atoms with Crippen molar-refractivity contribution in [1.82, 2.24) is 10.3 Å². The molecule has 2 rings (SSSR count). The third-order valence-corrected chi connectivity index (χ3v) is 3.28. The van der Waals surface area contributed by atoms with E-state index in [9.17, 15) is 0 Å². The van der Waals surface area contributed by atoms with Gasteiger partial charge < -0.3 is 10.1 Å².